The van der Waals surface area contributed by atoms with E-state index in [1.165, 1.54) is 0 Å². The maximum Gasteiger partial charge on any atom is 0.263 e. The van der Waals surface area contributed by atoms with Gasteiger partial charge in [0.1, 0.15) is 11.1 Å². The van der Waals surface area contributed by atoms with E-state index >= 15 is 0 Å². The first-order valence-corrected chi connectivity index (χ1v) is 9.72. The number of nitrogens with one attached hydrogen (secondary N) is 1. The van der Waals surface area contributed by atoms with E-state index in [4.69, 9.17) is 16.3 Å². The molecule has 26 heavy (non-hydrogen) atoms. The largest absolute Gasteiger partial charge is 0.481 e. The van der Waals surface area contributed by atoms with Gasteiger partial charge in [0.05, 0.1) is 0 Å². The Hall–Kier alpha value is -1.75. The molecule has 1 aromatic rings. The maximum absolute atomic E-state index is 12.7. The average Bonchev–Trinajstić information content (AvgIpc) is 2.61. The van der Waals surface area contributed by atoms with Gasteiger partial charge in [-0.15, -0.1) is 11.6 Å². The second-order valence-electron chi connectivity index (χ2n) is 7.18. The van der Waals surface area contributed by atoms with Crippen molar-refractivity contribution >= 4 is 23.4 Å². The second kappa shape index (κ2) is 9.26. The fraction of sp³-hybridized carbons (Fsp3) is 0.600. The van der Waals surface area contributed by atoms with Crippen LogP contribution in [0.15, 0.2) is 24.3 Å². The van der Waals surface area contributed by atoms with Gasteiger partial charge in [-0.05, 0) is 44.2 Å². The summed E-state index contributed by atoms with van der Waals surface area (Å²) in [6, 6.07) is 7.92. The highest BCUT2D eigenvalue weighted by atomic mass is 35.5. The number of hydrogen-bond donors (Lipinski definition) is 1. The molecule has 0 saturated carbocycles. The Bertz CT molecular complexity index is 625. The molecule has 2 atom stereocenters. The van der Waals surface area contributed by atoms with Gasteiger partial charge < -0.3 is 15.0 Å². The van der Waals surface area contributed by atoms with Crippen molar-refractivity contribution in [3.63, 3.8) is 0 Å². The zero-order chi connectivity index (χ0) is 19.3. The minimum Gasteiger partial charge on any atom is -0.481 e. The number of halogens is 1. The van der Waals surface area contributed by atoms with Gasteiger partial charge in [0.25, 0.3) is 5.91 Å². The highest BCUT2D eigenvalue weighted by Gasteiger charge is 2.28. The SMILES string of the molecule is CC(Cl)C(=O)NC1CCN(C(=O)C(C)Oc2ccccc2C(C)C)CC1. The van der Waals surface area contributed by atoms with E-state index in [9.17, 15) is 9.59 Å². The number of carbonyl (C=O) groups is 2. The van der Waals surface area contributed by atoms with Crippen LogP contribution in [0.1, 0.15) is 52.0 Å². The molecule has 0 aliphatic carbocycles. The lowest BCUT2D eigenvalue weighted by Crippen LogP contribution is -2.50. The summed E-state index contributed by atoms with van der Waals surface area (Å²) in [6.07, 6.45) is 0.927. The van der Waals surface area contributed by atoms with E-state index in [0.29, 0.717) is 19.0 Å². The molecule has 2 amide bonds. The van der Waals surface area contributed by atoms with Crippen LogP contribution < -0.4 is 10.1 Å². The molecule has 0 bridgehead atoms. The van der Waals surface area contributed by atoms with E-state index in [1.807, 2.05) is 29.2 Å². The van der Waals surface area contributed by atoms with E-state index in [-0.39, 0.29) is 17.9 Å². The Balaban J connectivity index is 1.89. The van der Waals surface area contributed by atoms with E-state index in [0.717, 1.165) is 24.2 Å². The van der Waals surface area contributed by atoms with Gasteiger partial charge in [0.2, 0.25) is 5.91 Å². The smallest absolute Gasteiger partial charge is 0.263 e. The van der Waals surface area contributed by atoms with Crippen LogP contribution in [0.25, 0.3) is 0 Å². The molecule has 1 aliphatic heterocycles. The van der Waals surface area contributed by atoms with Crippen molar-refractivity contribution in [2.75, 3.05) is 13.1 Å². The number of nitrogens with zero attached hydrogens (tertiary/aromatic N) is 1. The number of alkyl halides is 1. The predicted molar refractivity (Wildman–Crippen MR) is 104 cm³/mol. The van der Waals surface area contributed by atoms with Crippen LogP contribution in [0.5, 0.6) is 5.75 Å². The summed E-state index contributed by atoms with van der Waals surface area (Å²) in [5.41, 5.74) is 1.10. The van der Waals surface area contributed by atoms with Crippen molar-refractivity contribution < 1.29 is 14.3 Å². The summed E-state index contributed by atoms with van der Waals surface area (Å²) in [5, 5.41) is 2.39. The number of para-hydroxylation sites is 1. The number of ether oxygens (including phenoxy) is 1. The summed E-state index contributed by atoms with van der Waals surface area (Å²) in [6.45, 7) is 8.89. The molecular weight excluding hydrogens is 352 g/mol. The lowest BCUT2D eigenvalue weighted by Gasteiger charge is -2.34. The molecule has 1 N–H and O–H groups in total. The molecule has 2 rings (SSSR count). The maximum atomic E-state index is 12.7. The number of piperidine rings is 1. The summed E-state index contributed by atoms with van der Waals surface area (Å²) in [4.78, 5) is 26.2. The summed E-state index contributed by atoms with van der Waals surface area (Å²) >= 11 is 5.79. The second-order valence-corrected chi connectivity index (χ2v) is 7.83. The first-order valence-electron chi connectivity index (χ1n) is 9.28. The Morgan fingerprint density at radius 2 is 1.77 bits per heavy atom. The first-order chi connectivity index (χ1) is 12.3. The van der Waals surface area contributed by atoms with Crippen LogP contribution >= 0.6 is 11.6 Å². The molecule has 1 saturated heterocycles. The topological polar surface area (TPSA) is 58.6 Å². The highest BCUT2D eigenvalue weighted by Crippen LogP contribution is 2.27. The average molecular weight is 381 g/mol. The molecular formula is C20H29ClN2O3. The highest BCUT2D eigenvalue weighted by molar-refractivity contribution is 6.30. The van der Waals surface area contributed by atoms with Gasteiger partial charge in [0, 0.05) is 19.1 Å². The molecule has 1 aliphatic rings. The van der Waals surface area contributed by atoms with Crippen LogP contribution in [-0.2, 0) is 9.59 Å². The standard InChI is InChI=1S/C20H29ClN2O3/c1-13(2)17-7-5-6-8-18(17)26-15(4)20(25)23-11-9-16(10-12-23)22-19(24)14(3)21/h5-8,13-16H,9-12H2,1-4H3,(H,22,24). The van der Waals surface area contributed by atoms with Gasteiger partial charge >= 0.3 is 0 Å². The number of hydrogen-bond acceptors (Lipinski definition) is 3. The Morgan fingerprint density at radius 3 is 2.35 bits per heavy atom. The van der Waals surface area contributed by atoms with Crippen molar-refractivity contribution in [2.24, 2.45) is 0 Å². The molecule has 0 aromatic heterocycles. The Labute approximate surface area is 161 Å². The van der Waals surface area contributed by atoms with Crippen molar-refractivity contribution in [1.29, 1.82) is 0 Å². The minimum atomic E-state index is -0.538. The van der Waals surface area contributed by atoms with Crippen LogP contribution in [0.3, 0.4) is 0 Å². The van der Waals surface area contributed by atoms with Gasteiger partial charge in [-0.2, -0.15) is 0 Å². The van der Waals surface area contributed by atoms with Crippen molar-refractivity contribution in [3.8, 4) is 5.75 Å². The lowest BCUT2D eigenvalue weighted by atomic mass is 10.0. The molecule has 0 radical (unpaired) electrons. The van der Waals surface area contributed by atoms with Crippen LogP contribution in [0.2, 0.25) is 0 Å². The Morgan fingerprint density at radius 1 is 1.15 bits per heavy atom. The molecule has 0 spiro atoms. The van der Waals surface area contributed by atoms with E-state index in [2.05, 4.69) is 19.2 Å². The fourth-order valence-electron chi connectivity index (χ4n) is 3.12. The predicted octanol–water partition coefficient (Wildman–Crippen LogP) is 3.31. The molecule has 1 aromatic carbocycles. The number of carbonyl (C=O) groups excluding carboxylic acids is 2. The van der Waals surface area contributed by atoms with Crippen LogP contribution in [0, 0.1) is 0 Å². The van der Waals surface area contributed by atoms with Crippen LogP contribution in [0.4, 0.5) is 0 Å². The van der Waals surface area contributed by atoms with E-state index < -0.39 is 11.5 Å². The third-order valence-electron chi connectivity index (χ3n) is 4.71. The zero-order valence-corrected chi connectivity index (χ0v) is 16.8. The Kier molecular flexibility index (Phi) is 7.33. The van der Waals surface area contributed by atoms with Gasteiger partial charge in [-0.3, -0.25) is 9.59 Å². The number of rotatable bonds is 6. The molecule has 5 nitrogen and oxygen atoms in total. The monoisotopic (exact) mass is 380 g/mol. The lowest BCUT2D eigenvalue weighted by molar-refractivity contribution is -0.139. The summed E-state index contributed by atoms with van der Waals surface area (Å²) < 4.78 is 5.97. The quantitative estimate of drug-likeness (QED) is 0.770. The molecule has 2 unspecified atom stereocenters. The third-order valence-corrected chi connectivity index (χ3v) is 4.91. The van der Waals surface area contributed by atoms with Gasteiger partial charge in [-0.1, -0.05) is 32.0 Å². The number of likely N-dealkylation sites (tertiary alicyclic amines) is 1. The molecule has 1 fully saturated rings. The number of benzene rings is 1. The minimum absolute atomic E-state index is 0.0148. The molecule has 1 heterocycles. The first kappa shape index (κ1) is 20.6. The summed E-state index contributed by atoms with van der Waals surface area (Å²) in [5.74, 6) is 0.927. The molecule has 6 heteroatoms. The third kappa shape index (κ3) is 5.37. The number of amides is 2. The normalized spacial score (nSPS) is 17.7. The fourth-order valence-corrected chi connectivity index (χ4v) is 3.19. The summed E-state index contributed by atoms with van der Waals surface area (Å²) in [7, 11) is 0. The van der Waals surface area contributed by atoms with Crippen LogP contribution in [-0.4, -0.2) is 47.3 Å². The van der Waals surface area contributed by atoms with Crippen molar-refractivity contribution in [3.05, 3.63) is 29.8 Å². The van der Waals surface area contributed by atoms with Gasteiger partial charge in [0.15, 0.2) is 6.10 Å². The van der Waals surface area contributed by atoms with Crippen molar-refractivity contribution in [1.82, 2.24) is 10.2 Å². The van der Waals surface area contributed by atoms with Gasteiger partial charge in [-0.25, -0.2) is 0 Å². The molecule has 144 valence electrons. The van der Waals surface area contributed by atoms with Crippen molar-refractivity contribution in [2.45, 2.75) is 64.0 Å². The van der Waals surface area contributed by atoms with E-state index in [1.54, 1.807) is 13.8 Å². The zero-order valence-electron chi connectivity index (χ0n) is 16.0.